The maximum Gasteiger partial charge on any atom is 0.264 e. The molecule has 3 rings (SSSR count). The summed E-state index contributed by atoms with van der Waals surface area (Å²) in [4.78, 5) is 28.7. The number of aryl methyl sites for hydroxylation is 1. The highest BCUT2D eigenvalue weighted by Gasteiger charge is 2.29. The van der Waals surface area contributed by atoms with Crippen molar-refractivity contribution in [2.24, 2.45) is 0 Å². The Balaban J connectivity index is 1.80. The van der Waals surface area contributed by atoms with Crippen LogP contribution in [0.5, 0.6) is 0 Å². The molecule has 0 saturated carbocycles. The molecule has 0 bridgehead atoms. The summed E-state index contributed by atoms with van der Waals surface area (Å²) in [5.41, 5.74) is 0.646. The van der Waals surface area contributed by atoms with Crippen LogP contribution in [0.1, 0.15) is 15.2 Å². The minimum absolute atomic E-state index is 0.0543. The van der Waals surface area contributed by atoms with Gasteiger partial charge in [-0.2, -0.15) is 0 Å². The second-order valence-electron chi connectivity index (χ2n) is 5.77. The molecule has 0 unspecified atom stereocenters. The topological polar surface area (TPSA) is 49.9 Å². The number of carbonyl (C=O) groups is 2. The van der Waals surface area contributed by atoms with Gasteiger partial charge in [-0.25, -0.2) is 4.39 Å². The lowest BCUT2D eigenvalue weighted by molar-refractivity contribution is -0.135. The number of ether oxygens (including phenoxy) is 1. The standard InChI is InChI=1S/C17H19FN2O3S/c1-11-15-12(18)4-3-5-13(15)24-16(11)17(22)20-7-6-19(8-9-23-2)14(21)10-20/h3-5H,6-10H2,1-2H3. The van der Waals surface area contributed by atoms with Gasteiger partial charge in [-0.1, -0.05) is 6.07 Å². The molecule has 0 radical (unpaired) electrons. The molecule has 0 atom stereocenters. The zero-order valence-corrected chi connectivity index (χ0v) is 14.5. The van der Waals surface area contributed by atoms with Crippen LogP contribution in [-0.4, -0.2) is 61.5 Å². The van der Waals surface area contributed by atoms with Crippen LogP contribution in [0.2, 0.25) is 0 Å². The Morgan fingerprint density at radius 2 is 2.17 bits per heavy atom. The summed E-state index contributed by atoms with van der Waals surface area (Å²) in [7, 11) is 1.59. The largest absolute Gasteiger partial charge is 0.383 e. The predicted molar refractivity (Wildman–Crippen MR) is 90.9 cm³/mol. The Morgan fingerprint density at radius 3 is 2.83 bits per heavy atom. The summed E-state index contributed by atoms with van der Waals surface area (Å²) in [6.45, 7) is 3.79. The fraction of sp³-hybridized carbons (Fsp3) is 0.412. The van der Waals surface area contributed by atoms with E-state index in [1.165, 1.54) is 17.4 Å². The van der Waals surface area contributed by atoms with Gasteiger partial charge in [0, 0.05) is 36.8 Å². The number of methoxy groups -OCH3 is 1. The van der Waals surface area contributed by atoms with Crippen LogP contribution in [0.3, 0.4) is 0 Å². The molecule has 1 aliphatic heterocycles. The second kappa shape index (κ2) is 6.86. The van der Waals surface area contributed by atoms with Crippen LogP contribution < -0.4 is 0 Å². The zero-order chi connectivity index (χ0) is 17.3. The fourth-order valence-corrected chi connectivity index (χ4v) is 4.11. The maximum absolute atomic E-state index is 14.0. The number of thiophene rings is 1. The van der Waals surface area contributed by atoms with Gasteiger partial charge in [0.1, 0.15) is 12.4 Å². The highest BCUT2D eigenvalue weighted by molar-refractivity contribution is 7.21. The Bertz CT molecular complexity index is 789. The van der Waals surface area contributed by atoms with Crippen LogP contribution in [0.4, 0.5) is 4.39 Å². The van der Waals surface area contributed by atoms with Crippen molar-refractivity contribution in [1.82, 2.24) is 9.80 Å². The Kier molecular flexibility index (Phi) is 4.82. The number of hydrogen-bond acceptors (Lipinski definition) is 4. The van der Waals surface area contributed by atoms with Crippen molar-refractivity contribution in [2.75, 3.05) is 39.9 Å². The molecule has 1 aromatic carbocycles. The van der Waals surface area contributed by atoms with Gasteiger partial charge in [-0.3, -0.25) is 9.59 Å². The number of nitrogens with zero attached hydrogens (tertiary/aromatic N) is 2. The molecule has 0 spiro atoms. The first kappa shape index (κ1) is 16.9. The van der Waals surface area contributed by atoms with E-state index in [4.69, 9.17) is 4.74 Å². The molecule has 24 heavy (non-hydrogen) atoms. The third-order valence-corrected chi connectivity index (χ3v) is 5.51. The molecule has 1 fully saturated rings. The van der Waals surface area contributed by atoms with Gasteiger partial charge >= 0.3 is 0 Å². The Labute approximate surface area is 143 Å². The van der Waals surface area contributed by atoms with Gasteiger partial charge in [0.15, 0.2) is 0 Å². The van der Waals surface area contributed by atoms with Gasteiger partial charge in [-0.05, 0) is 24.6 Å². The van der Waals surface area contributed by atoms with Gasteiger partial charge in [-0.15, -0.1) is 11.3 Å². The van der Waals surface area contributed by atoms with Gasteiger partial charge < -0.3 is 14.5 Å². The number of rotatable bonds is 4. The lowest BCUT2D eigenvalue weighted by Gasteiger charge is -2.34. The van der Waals surface area contributed by atoms with Crippen molar-refractivity contribution in [3.8, 4) is 0 Å². The first-order chi connectivity index (χ1) is 11.5. The normalized spacial score (nSPS) is 15.4. The number of fused-ring (bicyclic) bond motifs is 1. The van der Waals surface area contributed by atoms with Crippen LogP contribution in [0.15, 0.2) is 18.2 Å². The van der Waals surface area contributed by atoms with E-state index in [0.717, 1.165) is 4.70 Å². The predicted octanol–water partition coefficient (Wildman–Crippen LogP) is 2.28. The number of amides is 2. The first-order valence-corrected chi connectivity index (χ1v) is 8.58. The average molecular weight is 350 g/mol. The lowest BCUT2D eigenvalue weighted by atomic mass is 10.1. The molecular formula is C17H19FN2O3S. The van der Waals surface area contributed by atoms with Crippen molar-refractivity contribution in [3.05, 3.63) is 34.5 Å². The van der Waals surface area contributed by atoms with Crippen molar-refractivity contribution < 1.29 is 18.7 Å². The van der Waals surface area contributed by atoms with Gasteiger partial charge in [0.05, 0.1) is 11.5 Å². The van der Waals surface area contributed by atoms with Crippen LogP contribution in [0.25, 0.3) is 10.1 Å². The summed E-state index contributed by atoms with van der Waals surface area (Å²) < 4.78 is 19.7. The molecule has 1 saturated heterocycles. The molecule has 128 valence electrons. The molecule has 5 nitrogen and oxygen atoms in total. The minimum Gasteiger partial charge on any atom is -0.383 e. The van der Waals surface area contributed by atoms with E-state index in [1.807, 2.05) is 0 Å². The Hall–Kier alpha value is -1.99. The molecule has 2 aromatic rings. The summed E-state index contributed by atoms with van der Waals surface area (Å²) in [6.07, 6.45) is 0. The van der Waals surface area contributed by atoms with E-state index in [9.17, 15) is 14.0 Å². The zero-order valence-electron chi connectivity index (χ0n) is 13.7. The van der Waals surface area contributed by atoms with Crippen molar-refractivity contribution in [1.29, 1.82) is 0 Å². The molecule has 0 aliphatic carbocycles. The van der Waals surface area contributed by atoms with Gasteiger partial charge in [0.25, 0.3) is 5.91 Å². The SMILES string of the molecule is COCCN1CCN(C(=O)c2sc3cccc(F)c3c2C)CC1=O. The van der Waals surface area contributed by atoms with E-state index in [1.54, 1.807) is 36.0 Å². The van der Waals surface area contributed by atoms with Crippen LogP contribution in [0, 0.1) is 12.7 Å². The minimum atomic E-state index is -0.319. The molecule has 2 heterocycles. The first-order valence-electron chi connectivity index (χ1n) is 7.76. The van der Waals surface area contributed by atoms with Crippen molar-refractivity contribution in [2.45, 2.75) is 6.92 Å². The summed E-state index contributed by atoms with van der Waals surface area (Å²) in [5.74, 6) is -0.606. The summed E-state index contributed by atoms with van der Waals surface area (Å²) in [5, 5.41) is 0.496. The molecule has 2 amide bonds. The number of halogens is 1. The Morgan fingerprint density at radius 1 is 1.38 bits per heavy atom. The maximum atomic E-state index is 14.0. The third-order valence-electron chi connectivity index (χ3n) is 4.27. The summed E-state index contributed by atoms with van der Waals surface area (Å²) >= 11 is 1.28. The average Bonchev–Trinajstić information content (AvgIpc) is 2.91. The number of benzene rings is 1. The van der Waals surface area contributed by atoms with Gasteiger partial charge in [0.2, 0.25) is 5.91 Å². The number of piperazine rings is 1. The number of hydrogen-bond donors (Lipinski definition) is 0. The van der Waals surface area contributed by atoms with E-state index < -0.39 is 0 Å². The van der Waals surface area contributed by atoms with Crippen LogP contribution in [-0.2, 0) is 9.53 Å². The molecular weight excluding hydrogens is 331 g/mol. The molecule has 0 N–H and O–H groups in total. The van der Waals surface area contributed by atoms with E-state index >= 15 is 0 Å². The highest BCUT2D eigenvalue weighted by atomic mass is 32.1. The van der Waals surface area contributed by atoms with E-state index in [0.29, 0.717) is 42.1 Å². The quantitative estimate of drug-likeness (QED) is 0.850. The van der Waals surface area contributed by atoms with E-state index in [-0.39, 0.29) is 24.2 Å². The second-order valence-corrected chi connectivity index (χ2v) is 6.82. The number of carbonyl (C=O) groups excluding carboxylic acids is 2. The smallest absolute Gasteiger partial charge is 0.264 e. The molecule has 7 heteroatoms. The molecule has 1 aromatic heterocycles. The van der Waals surface area contributed by atoms with Crippen molar-refractivity contribution >= 4 is 33.2 Å². The lowest BCUT2D eigenvalue weighted by Crippen LogP contribution is -2.52. The van der Waals surface area contributed by atoms with Crippen LogP contribution >= 0.6 is 11.3 Å². The third kappa shape index (κ3) is 3.01. The van der Waals surface area contributed by atoms with E-state index in [2.05, 4.69) is 0 Å². The summed E-state index contributed by atoms with van der Waals surface area (Å²) in [6, 6.07) is 4.84. The molecule has 1 aliphatic rings. The van der Waals surface area contributed by atoms with Crippen molar-refractivity contribution in [3.63, 3.8) is 0 Å². The highest BCUT2D eigenvalue weighted by Crippen LogP contribution is 2.33. The monoisotopic (exact) mass is 350 g/mol. The fourth-order valence-electron chi connectivity index (χ4n) is 2.92.